The highest BCUT2D eigenvalue weighted by Gasteiger charge is 2.27. The second-order valence-electron chi connectivity index (χ2n) is 7.67. The summed E-state index contributed by atoms with van der Waals surface area (Å²) in [4.78, 5) is 28.4. The second kappa shape index (κ2) is 7.73. The average molecular weight is 414 g/mol. The van der Waals surface area contributed by atoms with Gasteiger partial charge in [-0.15, -0.1) is 0 Å². The highest BCUT2D eigenvalue weighted by Crippen LogP contribution is 2.26. The van der Waals surface area contributed by atoms with Crippen molar-refractivity contribution in [3.05, 3.63) is 72.4 Å². The number of nitrogens with one attached hydrogen (secondary N) is 4. The molecule has 1 aliphatic rings. The van der Waals surface area contributed by atoms with Crippen LogP contribution in [0.1, 0.15) is 30.0 Å². The van der Waals surface area contributed by atoms with Crippen LogP contribution in [-0.4, -0.2) is 32.6 Å². The average Bonchev–Trinajstić information content (AvgIpc) is 3.38. The van der Waals surface area contributed by atoms with Gasteiger partial charge >= 0.3 is 0 Å². The Morgan fingerprint density at radius 2 is 1.90 bits per heavy atom. The smallest absolute Gasteiger partial charge is 0.258 e. The van der Waals surface area contributed by atoms with Crippen molar-refractivity contribution < 1.29 is 9.59 Å². The fourth-order valence-electron chi connectivity index (χ4n) is 3.87. The first-order chi connectivity index (χ1) is 15.1. The zero-order valence-electron chi connectivity index (χ0n) is 16.9. The van der Waals surface area contributed by atoms with Gasteiger partial charge < -0.3 is 15.6 Å². The summed E-state index contributed by atoms with van der Waals surface area (Å²) in [6.45, 7) is 1.94. The standard InChI is InChI=1S/C23H22N6O2/c1-14-11-21(30)27-23(25-14)29-20(12-19(28-29)15-7-3-2-4-8-15)26-22(31)17-13-24-18-10-6-5-9-16(17)18/h2-10,12-14,23-25H,11H2,1H3,(H,26,31)(H,27,30). The number of hydrogen-bond donors (Lipinski definition) is 4. The first-order valence-electron chi connectivity index (χ1n) is 10.2. The number of para-hydroxylation sites is 1. The van der Waals surface area contributed by atoms with Crippen LogP contribution in [0, 0.1) is 0 Å². The third-order valence-corrected chi connectivity index (χ3v) is 5.36. The topological polar surface area (TPSA) is 104 Å². The van der Waals surface area contributed by atoms with Crippen LogP contribution in [0.25, 0.3) is 22.2 Å². The van der Waals surface area contributed by atoms with Gasteiger partial charge in [-0.25, -0.2) is 4.68 Å². The largest absolute Gasteiger partial charge is 0.360 e. The fraction of sp³-hybridized carbons (Fsp3) is 0.174. The zero-order valence-corrected chi connectivity index (χ0v) is 16.9. The first kappa shape index (κ1) is 19.1. The van der Waals surface area contributed by atoms with Crippen molar-refractivity contribution in [2.75, 3.05) is 5.32 Å². The molecule has 3 heterocycles. The summed E-state index contributed by atoms with van der Waals surface area (Å²) >= 11 is 0. The Morgan fingerprint density at radius 3 is 2.71 bits per heavy atom. The number of hydrogen-bond acceptors (Lipinski definition) is 4. The third kappa shape index (κ3) is 3.69. The molecule has 0 radical (unpaired) electrons. The van der Waals surface area contributed by atoms with E-state index in [0.29, 0.717) is 23.5 Å². The molecule has 4 N–H and O–H groups in total. The van der Waals surface area contributed by atoms with Crippen LogP contribution >= 0.6 is 0 Å². The first-order valence-corrected chi connectivity index (χ1v) is 10.2. The number of H-pyrrole nitrogens is 1. The summed E-state index contributed by atoms with van der Waals surface area (Å²) in [5, 5.41) is 14.7. The molecule has 156 valence electrons. The van der Waals surface area contributed by atoms with E-state index in [1.807, 2.05) is 67.6 Å². The van der Waals surface area contributed by atoms with Crippen molar-refractivity contribution in [3.8, 4) is 11.3 Å². The number of carbonyl (C=O) groups excluding carboxylic acids is 2. The van der Waals surface area contributed by atoms with Crippen LogP contribution in [0.5, 0.6) is 0 Å². The van der Waals surface area contributed by atoms with Crippen molar-refractivity contribution in [2.24, 2.45) is 0 Å². The van der Waals surface area contributed by atoms with E-state index in [0.717, 1.165) is 16.5 Å². The Labute approximate surface area is 178 Å². The van der Waals surface area contributed by atoms with Gasteiger partial charge in [0.1, 0.15) is 5.82 Å². The third-order valence-electron chi connectivity index (χ3n) is 5.36. The Balaban J connectivity index is 1.52. The molecule has 2 amide bonds. The maximum atomic E-state index is 13.1. The predicted octanol–water partition coefficient (Wildman–Crippen LogP) is 3.24. The fourth-order valence-corrected chi connectivity index (χ4v) is 3.87. The van der Waals surface area contributed by atoms with Crippen molar-refractivity contribution in [3.63, 3.8) is 0 Å². The van der Waals surface area contributed by atoms with Gasteiger partial charge in [0.25, 0.3) is 5.91 Å². The van der Waals surface area contributed by atoms with E-state index in [-0.39, 0.29) is 17.9 Å². The molecule has 4 aromatic rings. The van der Waals surface area contributed by atoms with Crippen molar-refractivity contribution >= 4 is 28.5 Å². The predicted molar refractivity (Wildman–Crippen MR) is 118 cm³/mol. The molecule has 5 rings (SSSR count). The monoisotopic (exact) mass is 414 g/mol. The molecular weight excluding hydrogens is 392 g/mol. The van der Waals surface area contributed by atoms with Crippen molar-refractivity contribution in [1.29, 1.82) is 0 Å². The van der Waals surface area contributed by atoms with Crippen LogP contribution < -0.4 is 16.0 Å². The van der Waals surface area contributed by atoms with E-state index in [9.17, 15) is 9.59 Å². The minimum Gasteiger partial charge on any atom is -0.360 e. The van der Waals surface area contributed by atoms with Crippen molar-refractivity contribution in [2.45, 2.75) is 25.7 Å². The van der Waals surface area contributed by atoms with Gasteiger partial charge in [-0.2, -0.15) is 5.10 Å². The van der Waals surface area contributed by atoms with Crippen molar-refractivity contribution in [1.82, 2.24) is 25.4 Å². The second-order valence-corrected chi connectivity index (χ2v) is 7.67. The van der Waals surface area contributed by atoms with Gasteiger partial charge in [0.05, 0.1) is 11.3 Å². The highest BCUT2D eigenvalue weighted by molar-refractivity contribution is 6.12. The van der Waals surface area contributed by atoms with E-state index in [2.05, 4.69) is 26.0 Å². The number of carbonyl (C=O) groups is 2. The molecule has 2 unspecified atom stereocenters. The van der Waals surface area contributed by atoms with E-state index < -0.39 is 6.29 Å². The Bertz CT molecular complexity index is 1260. The van der Waals surface area contributed by atoms with Crippen LogP contribution in [0.2, 0.25) is 0 Å². The number of rotatable bonds is 4. The number of aromatic nitrogens is 3. The number of anilines is 1. The van der Waals surface area contributed by atoms with Gasteiger partial charge in [0.2, 0.25) is 5.91 Å². The molecular formula is C23H22N6O2. The normalized spacial score (nSPS) is 18.7. The maximum Gasteiger partial charge on any atom is 0.258 e. The number of amides is 2. The van der Waals surface area contributed by atoms with Gasteiger partial charge in [0.15, 0.2) is 6.29 Å². The van der Waals surface area contributed by atoms with E-state index in [1.165, 1.54) is 0 Å². The number of nitrogens with zero attached hydrogens (tertiary/aromatic N) is 2. The molecule has 0 spiro atoms. The SMILES string of the molecule is CC1CC(=O)NC(n2nc(-c3ccccc3)cc2NC(=O)c2c[nH]c3ccccc23)N1. The zero-order chi connectivity index (χ0) is 21.4. The van der Waals surface area contributed by atoms with Gasteiger partial charge in [-0.3, -0.25) is 14.9 Å². The Kier molecular flexibility index (Phi) is 4.76. The lowest BCUT2D eigenvalue weighted by Gasteiger charge is -2.30. The quantitative estimate of drug-likeness (QED) is 0.412. The summed E-state index contributed by atoms with van der Waals surface area (Å²) in [6.07, 6.45) is 1.52. The van der Waals surface area contributed by atoms with Crippen LogP contribution in [0.15, 0.2) is 66.9 Å². The lowest BCUT2D eigenvalue weighted by atomic mass is 10.1. The summed E-state index contributed by atoms with van der Waals surface area (Å²) in [6, 6.07) is 19.1. The summed E-state index contributed by atoms with van der Waals surface area (Å²) < 4.78 is 1.61. The van der Waals surface area contributed by atoms with E-state index >= 15 is 0 Å². The number of benzene rings is 2. The molecule has 1 aliphatic heterocycles. The van der Waals surface area contributed by atoms with E-state index in [1.54, 1.807) is 10.9 Å². The highest BCUT2D eigenvalue weighted by atomic mass is 16.2. The van der Waals surface area contributed by atoms with E-state index in [4.69, 9.17) is 0 Å². The molecule has 2 aromatic heterocycles. The summed E-state index contributed by atoms with van der Waals surface area (Å²) in [5.74, 6) is 0.163. The van der Waals surface area contributed by atoms with Gasteiger partial charge in [0, 0.05) is 41.2 Å². The lowest BCUT2D eigenvalue weighted by Crippen LogP contribution is -2.52. The molecule has 1 saturated heterocycles. The number of fused-ring (bicyclic) bond motifs is 1. The van der Waals surface area contributed by atoms with Crippen LogP contribution in [-0.2, 0) is 4.79 Å². The van der Waals surface area contributed by atoms with Crippen LogP contribution in [0.3, 0.4) is 0 Å². The summed E-state index contributed by atoms with van der Waals surface area (Å²) in [5.41, 5.74) is 3.04. The molecule has 0 aliphatic carbocycles. The Hall–Kier alpha value is -3.91. The van der Waals surface area contributed by atoms with Gasteiger partial charge in [-0.05, 0) is 13.0 Å². The van der Waals surface area contributed by atoms with Gasteiger partial charge in [-0.1, -0.05) is 48.5 Å². The molecule has 8 nitrogen and oxygen atoms in total. The minimum absolute atomic E-state index is 0.0136. The maximum absolute atomic E-state index is 13.1. The Morgan fingerprint density at radius 1 is 1.13 bits per heavy atom. The molecule has 8 heteroatoms. The molecule has 0 saturated carbocycles. The molecule has 2 aromatic carbocycles. The molecule has 31 heavy (non-hydrogen) atoms. The lowest BCUT2D eigenvalue weighted by molar-refractivity contribution is -0.125. The summed E-state index contributed by atoms with van der Waals surface area (Å²) in [7, 11) is 0. The number of aromatic amines is 1. The molecule has 1 fully saturated rings. The molecule has 2 atom stereocenters. The minimum atomic E-state index is -0.563. The molecule has 0 bridgehead atoms. The van der Waals surface area contributed by atoms with Crippen LogP contribution in [0.4, 0.5) is 5.82 Å².